The number of hydrogen-bond acceptors (Lipinski definition) is 2. The third kappa shape index (κ3) is 4.17. The lowest BCUT2D eigenvalue weighted by molar-refractivity contribution is 0.290. The molecule has 0 unspecified atom stereocenters. The zero-order chi connectivity index (χ0) is 17.5. The van der Waals surface area contributed by atoms with E-state index in [1.807, 2.05) is 48.5 Å². The van der Waals surface area contributed by atoms with E-state index in [1.54, 1.807) is 12.1 Å². The number of phenols is 1. The van der Waals surface area contributed by atoms with Crippen molar-refractivity contribution in [1.82, 2.24) is 0 Å². The Morgan fingerprint density at radius 2 is 1.16 bits per heavy atom. The van der Waals surface area contributed by atoms with E-state index in [0.29, 0.717) is 6.42 Å². The molecule has 2 N–H and O–H groups in total. The van der Waals surface area contributed by atoms with Gasteiger partial charge < -0.3 is 10.2 Å². The zero-order valence-electron chi connectivity index (χ0n) is 14.1. The maximum Gasteiger partial charge on any atom is 0.115 e. The van der Waals surface area contributed by atoms with Gasteiger partial charge in [0.15, 0.2) is 0 Å². The van der Waals surface area contributed by atoms with Crippen molar-refractivity contribution in [2.24, 2.45) is 0 Å². The Kier molecular flexibility index (Phi) is 5.65. The number of aliphatic hydroxyl groups is 1. The lowest BCUT2D eigenvalue weighted by Gasteiger charge is -2.17. The average molecular weight is 330 g/mol. The van der Waals surface area contributed by atoms with Gasteiger partial charge in [-0.2, -0.15) is 0 Å². The molecule has 0 spiro atoms. The zero-order valence-corrected chi connectivity index (χ0v) is 14.1. The first-order valence-electron chi connectivity index (χ1n) is 8.54. The molecule has 0 saturated carbocycles. The van der Waals surface area contributed by atoms with Crippen molar-refractivity contribution in [3.8, 4) is 5.75 Å². The third-order valence-corrected chi connectivity index (χ3v) is 4.23. The van der Waals surface area contributed by atoms with Gasteiger partial charge in [0.2, 0.25) is 0 Å². The van der Waals surface area contributed by atoms with Crippen LogP contribution in [0, 0.1) is 0 Å². The van der Waals surface area contributed by atoms with Crippen molar-refractivity contribution in [3.05, 3.63) is 102 Å². The van der Waals surface area contributed by atoms with Gasteiger partial charge in [-0.15, -0.1) is 0 Å². The molecule has 0 atom stereocenters. The molecule has 3 aromatic carbocycles. The van der Waals surface area contributed by atoms with Crippen LogP contribution in [-0.4, -0.2) is 16.8 Å². The van der Waals surface area contributed by atoms with E-state index in [1.165, 1.54) is 5.57 Å². The molecule has 0 aliphatic heterocycles. The third-order valence-electron chi connectivity index (χ3n) is 4.23. The minimum Gasteiger partial charge on any atom is -0.508 e. The molecule has 2 heteroatoms. The summed E-state index contributed by atoms with van der Waals surface area (Å²) in [6.07, 6.45) is 1.49. The lowest BCUT2D eigenvalue weighted by Crippen LogP contribution is -1.97. The average Bonchev–Trinajstić information content (AvgIpc) is 2.67. The van der Waals surface area contributed by atoms with Crippen LogP contribution in [0.5, 0.6) is 5.75 Å². The Morgan fingerprint density at radius 3 is 1.72 bits per heavy atom. The number of allylic oxidation sites excluding steroid dienone is 1. The van der Waals surface area contributed by atoms with Gasteiger partial charge in [-0.1, -0.05) is 72.8 Å². The van der Waals surface area contributed by atoms with Crippen LogP contribution in [0.2, 0.25) is 0 Å². The molecule has 0 amide bonds. The summed E-state index contributed by atoms with van der Waals surface area (Å²) in [6.45, 7) is 0.161. The predicted octanol–water partition coefficient (Wildman–Crippen LogP) is 5.12. The maximum atomic E-state index is 9.66. The van der Waals surface area contributed by atoms with Crippen molar-refractivity contribution in [2.75, 3.05) is 6.61 Å². The number of aliphatic hydroxyl groups excluding tert-OH is 1. The summed E-state index contributed by atoms with van der Waals surface area (Å²) < 4.78 is 0. The largest absolute Gasteiger partial charge is 0.508 e. The fraction of sp³-hybridized carbons (Fsp3) is 0.130. The summed E-state index contributed by atoms with van der Waals surface area (Å²) >= 11 is 0. The highest BCUT2D eigenvalue weighted by Gasteiger charge is 2.13. The van der Waals surface area contributed by atoms with Gasteiger partial charge in [0.25, 0.3) is 0 Å². The van der Waals surface area contributed by atoms with Gasteiger partial charge >= 0.3 is 0 Å². The molecule has 25 heavy (non-hydrogen) atoms. The van der Waals surface area contributed by atoms with Crippen LogP contribution in [0.4, 0.5) is 0 Å². The quantitative estimate of drug-likeness (QED) is 0.616. The fourth-order valence-corrected chi connectivity index (χ4v) is 3.06. The van der Waals surface area contributed by atoms with Gasteiger partial charge in [0.05, 0.1) is 0 Å². The molecule has 3 aromatic rings. The molecule has 0 saturated heterocycles. The Labute approximate surface area is 148 Å². The van der Waals surface area contributed by atoms with Crippen molar-refractivity contribution < 1.29 is 10.2 Å². The van der Waals surface area contributed by atoms with E-state index < -0.39 is 0 Å². The molecule has 3 rings (SSSR count). The second-order valence-corrected chi connectivity index (χ2v) is 5.96. The Bertz CT molecular complexity index is 819. The number of aromatic hydroxyl groups is 1. The predicted molar refractivity (Wildman–Crippen MR) is 103 cm³/mol. The molecule has 126 valence electrons. The van der Waals surface area contributed by atoms with Crippen molar-refractivity contribution in [3.63, 3.8) is 0 Å². The highest BCUT2D eigenvalue weighted by molar-refractivity contribution is 5.98. The summed E-state index contributed by atoms with van der Waals surface area (Å²) in [5.74, 6) is 0.257. The summed E-state index contributed by atoms with van der Waals surface area (Å²) in [5, 5.41) is 19.0. The summed E-state index contributed by atoms with van der Waals surface area (Å²) in [5.41, 5.74) is 5.68. The number of phenolic OH excluding ortho intramolecular Hbond substituents is 1. The van der Waals surface area contributed by atoms with E-state index in [2.05, 4.69) is 24.3 Å². The van der Waals surface area contributed by atoms with Crippen LogP contribution in [-0.2, 0) is 0 Å². The minimum atomic E-state index is 0.161. The van der Waals surface area contributed by atoms with Crippen LogP contribution in [0.3, 0.4) is 0 Å². The summed E-state index contributed by atoms with van der Waals surface area (Å²) in [7, 11) is 0. The van der Waals surface area contributed by atoms with Crippen LogP contribution in [0.15, 0.2) is 84.9 Å². The summed E-state index contributed by atoms with van der Waals surface area (Å²) in [4.78, 5) is 0. The molecule has 0 heterocycles. The second-order valence-electron chi connectivity index (χ2n) is 5.96. The number of hydrogen-bond donors (Lipinski definition) is 2. The summed E-state index contributed by atoms with van der Waals surface area (Å²) in [6, 6.07) is 27.9. The van der Waals surface area contributed by atoms with E-state index in [9.17, 15) is 10.2 Å². The second kappa shape index (κ2) is 8.32. The monoisotopic (exact) mass is 330 g/mol. The lowest BCUT2D eigenvalue weighted by atomic mass is 9.87. The molecule has 2 nitrogen and oxygen atoms in total. The molecule has 0 radical (unpaired) electrons. The standard InChI is InChI=1S/C23H22O2/c24-17-7-12-22(18-8-3-1-4-9-18)23(19-10-5-2-6-11-19)20-13-15-21(25)16-14-20/h1-6,8-11,13-16,24-25H,7,12,17H2/b23-22+. The van der Waals surface area contributed by atoms with E-state index in [0.717, 1.165) is 28.7 Å². The van der Waals surface area contributed by atoms with Gasteiger partial charge in [-0.25, -0.2) is 0 Å². The van der Waals surface area contributed by atoms with Crippen LogP contribution >= 0.6 is 0 Å². The van der Waals surface area contributed by atoms with Gasteiger partial charge in [-0.3, -0.25) is 0 Å². The van der Waals surface area contributed by atoms with Crippen molar-refractivity contribution >= 4 is 11.1 Å². The van der Waals surface area contributed by atoms with E-state index in [-0.39, 0.29) is 12.4 Å². The SMILES string of the molecule is OCCC/C(=C(/c1ccccc1)c1ccc(O)cc1)c1ccccc1. The van der Waals surface area contributed by atoms with Gasteiger partial charge in [0, 0.05) is 6.61 Å². The molecule has 0 aromatic heterocycles. The Hall–Kier alpha value is -2.84. The van der Waals surface area contributed by atoms with Gasteiger partial charge in [0.1, 0.15) is 5.75 Å². The Balaban J connectivity index is 2.24. The molecule has 0 fully saturated rings. The van der Waals surface area contributed by atoms with Crippen molar-refractivity contribution in [1.29, 1.82) is 0 Å². The van der Waals surface area contributed by atoms with Crippen LogP contribution < -0.4 is 0 Å². The minimum absolute atomic E-state index is 0.161. The van der Waals surface area contributed by atoms with Crippen LogP contribution in [0.1, 0.15) is 29.5 Å². The normalized spacial score (nSPS) is 11.9. The maximum absolute atomic E-state index is 9.66. The Morgan fingerprint density at radius 1 is 0.640 bits per heavy atom. The molecule has 0 aliphatic rings. The molecule has 0 aliphatic carbocycles. The fourth-order valence-electron chi connectivity index (χ4n) is 3.06. The number of benzene rings is 3. The van der Waals surface area contributed by atoms with Gasteiger partial charge in [-0.05, 0) is 52.8 Å². The first-order valence-corrected chi connectivity index (χ1v) is 8.54. The van der Waals surface area contributed by atoms with E-state index in [4.69, 9.17) is 0 Å². The molecule has 0 bridgehead atoms. The number of rotatable bonds is 6. The molecular weight excluding hydrogens is 308 g/mol. The van der Waals surface area contributed by atoms with Crippen LogP contribution in [0.25, 0.3) is 11.1 Å². The van der Waals surface area contributed by atoms with Crippen molar-refractivity contribution in [2.45, 2.75) is 12.8 Å². The highest BCUT2D eigenvalue weighted by Crippen LogP contribution is 2.35. The van der Waals surface area contributed by atoms with E-state index >= 15 is 0 Å². The smallest absolute Gasteiger partial charge is 0.115 e. The molecular formula is C23H22O2. The first-order chi connectivity index (χ1) is 12.3. The first kappa shape index (κ1) is 17.0. The highest BCUT2D eigenvalue weighted by atomic mass is 16.3. The topological polar surface area (TPSA) is 40.5 Å².